The monoisotopic (exact) mass is 552 g/mol. The summed E-state index contributed by atoms with van der Waals surface area (Å²) in [6.45, 7) is 0.483. The SMILES string of the molecule is CN(C=O)/C(=C\[N+](=O)[O-])NCc1cnc(Cl)s1.CN/C(=C/[N+](=O)[O-])N(C=O)Cc1cnc(Cl)s1. The van der Waals surface area contributed by atoms with Gasteiger partial charge in [0.1, 0.15) is 0 Å². The quantitative estimate of drug-likeness (QED) is 0.225. The van der Waals surface area contributed by atoms with E-state index in [9.17, 15) is 29.8 Å². The predicted octanol–water partition coefficient (Wildman–Crippen LogP) is 2.10. The summed E-state index contributed by atoms with van der Waals surface area (Å²) in [6.07, 6.45) is 5.49. The smallest absolute Gasteiger partial charge is 0.274 e. The van der Waals surface area contributed by atoms with Gasteiger partial charge in [0.05, 0.1) is 22.9 Å². The van der Waals surface area contributed by atoms with Gasteiger partial charge >= 0.3 is 0 Å². The third kappa shape index (κ3) is 10.5. The van der Waals surface area contributed by atoms with E-state index < -0.39 is 9.85 Å². The number of nitrogens with zero attached hydrogens (tertiary/aromatic N) is 6. The van der Waals surface area contributed by atoms with Crippen LogP contribution < -0.4 is 10.6 Å². The van der Waals surface area contributed by atoms with Crippen molar-refractivity contribution in [1.82, 2.24) is 30.4 Å². The van der Waals surface area contributed by atoms with E-state index in [1.54, 1.807) is 6.20 Å². The maximum absolute atomic E-state index is 10.9. The van der Waals surface area contributed by atoms with Crippen molar-refractivity contribution in [2.75, 3.05) is 14.1 Å². The van der Waals surface area contributed by atoms with E-state index in [0.29, 0.717) is 28.3 Å². The van der Waals surface area contributed by atoms with Gasteiger partial charge in [-0.2, -0.15) is 0 Å². The second-order valence-electron chi connectivity index (χ2n) is 5.81. The van der Waals surface area contributed by atoms with E-state index in [-0.39, 0.29) is 18.2 Å². The van der Waals surface area contributed by atoms with Gasteiger partial charge in [-0.25, -0.2) is 9.97 Å². The van der Waals surface area contributed by atoms with Crippen LogP contribution in [0.5, 0.6) is 0 Å². The minimum absolute atomic E-state index is 0.0922. The molecule has 0 bridgehead atoms. The van der Waals surface area contributed by atoms with Crippen molar-refractivity contribution >= 4 is 58.7 Å². The number of aromatic nitrogens is 2. The maximum atomic E-state index is 10.9. The van der Waals surface area contributed by atoms with Crippen molar-refractivity contribution in [1.29, 1.82) is 0 Å². The summed E-state index contributed by atoms with van der Waals surface area (Å²) in [6, 6.07) is 0. The van der Waals surface area contributed by atoms with Gasteiger partial charge < -0.3 is 10.6 Å². The molecule has 0 saturated carbocycles. The van der Waals surface area contributed by atoms with E-state index in [1.807, 2.05) is 0 Å². The molecule has 2 heterocycles. The molecule has 34 heavy (non-hydrogen) atoms. The molecule has 0 aliphatic carbocycles. The standard InChI is InChI=1S/2C8H9ClN4O3S/c1-12(5-14)7(4-13(15)16)10-2-6-3-11-8(9)17-6;1-10-7(4-13(15)16)12(5-14)3-6-2-11-8(9)17-6/h3-5,10H,2H2,1H3;2,4-5,10H,3H2,1H3/b2*7-4-. The molecule has 0 aliphatic heterocycles. The first-order valence-corrected chi connectivity index (χ1v) is 11.2. The third-order valence-corrected chi connectivity index (χ3v) is 5.72. The lowest BCUT2D eigenvalue weighted by Crippen LogP contribution is -2.28. The molecule has 2 rings (SSSR count). The zero-order chi connectivity index (χ0) is 25.7. The largest absolute Gasteiger partial charge is 0.369 e. The lowest BCUT2D eigenvalue weighted by molar-refractivity contribution is -0.404. The van der Waals surface area contributed by atoms with E-state index in [4.69, 9.17) is 23.2 Å². The summed E-state index contributed by atoms with van der Waals surface area (Å²) in [5, 5.41) is 26.1. The van der Waals surface area contributed by atoms with Crippen molar-refractivity contribution in [2.45, 2.75) is 13.1 Å². The average molecular weight is 553 g/mol. The van der Waals surface area contributed by atoms with E-state index in [2.05, 4.69) is 20.6 Å². The zero-order valence-electron chi connectivity index (χ0n) is 17.6. The van der Waals surface area contributed by atoms with Gasteiger partial charge in [0, 0.05) is 36.2 Å². The van der Waals surface area contributed by atoms with Gasteiger partial charge in [0.15, 0.2) is 20.6 Å². The highest BCUT2D eigenvalue weighted by Crippen LogP contribution is 2.20. The van der Waals surface area contributed by atoms with Crippen LogP contribution in [0.3, 0.4) is 0 Å². The molecular formula is C16H18Cl2N8O6S2. The summed E-state index contributed by atoms with van der Waals surface area (Å²) >= 11 is 13.7. The van der Waals surface area contributed by atoms with Gasteiger partial charge in [0.25, 0.3) is 12.4 Å². The molecular weight excluding hydrogens is 535 g/mol. The van der Waals surface area contributed by atoms with Crippen LogP contribution in [0.2, 0.25) is 8.93 Å². The van der Waals surface area contributed by atoms with Gasteiger partial charge in [-0.15, -0.1) is 22.7 Å². The van der Waals surface area contributed by atoms with E-state index in [1.165, 1.54) is 43.0 Å². The Morgan fingerprint density at radius 2 is 1.56 bits per heavy atom. The second-order valence-corrected chi connectivity index (χ2v) is 9.21. The molecule has 2 amide bonds. The van der Waals surface area contributed by atoms with Crippen LogP contribution in [-0.4, -0.2) is 56.5 Å². The van der Waals surface area contributed by atoms with Crippen LogP contribution in [0.25, 0.3) is 0 Å². The first kappa shape index (κ1) is 28.7. The summed E-state index contributed by atoms with van der Waals surface area (Å²) < 4.78 is 0.750. The molecule has 2 aromatic rings. The molecule has 0 saturated heterocycles. The van der Waals surface area contributed by atoms with Crippen molar-refractivity contribution in [3.63, 3.8) is 0 Å². The normalized spacial score (nSPS) is 11.1. The molecule has 0 spiro atoms. The van der Waals surface area contributed by atoms with Crippen molar-refractivity contribution in [3.05, 3.63) is 75.4 Å². The lowest BCUT2D eigenvalue weighted by Gasteiger charge is -2.16. The topological polar surface area (TPSA) is 177 Å². The highest BCUT2D eigenvalue weighted by Gasteiger charge is 2.13. The number of halogens is 2. The van der Waals surface area contributed by atoms with Crippen LogP contribution in [-0.2, 0) is 22.7 Å². The molecule has 0 fully saturated rings. The Hall–Kier alpha value is -3.34. The predicted molar refractivity (Wildman–Crippen MR) is 126 cm³/mol. The van der Waals surface area contributed by atoms with Gasteiger partial charge in [0.2, 0.25) is 12.8 Å². The summed E-state index contributed by atoms with van der Waals surface area (Å²) in [4.78, 5) is 52.3. The number of hydrogen-bond acceptors (Lipinski definition) is 12. The Morgan fingerprint density at radius 1 is 1.03 bits per heavy atom. The van der Waals surface area contributed by atoms with Crippen molar-refractivity contribution in [3.8, 4) is 0 Å². The van der Waals surface area contributed by atoms with Crippen molar-refractivity contribution in [2.24, 2.45) is 0 Å². The number of rotatable bonds is 12. The van der Waals surface area contributed by atoms with Gasteiger partial charge in [-0.3, -0.25) is 39.6 Å². The number of thiazole rings is 2. The maximum Gasteiger partial charge on any atom is 0.274 e. The molecule has 0 radical (unpaired) electrons. The van der Waals surface area contributed by atoms with Gasteiger partial charge in [-0.1, -0.05) is 23.2 Å². The minimum atomic E-state index is -0.637. The van der Waals surface area contributed by atoms with Crippen LogP contribution in [0, 0.1) is 20.2 Å². The number of hydrogen-bond donors (Lipinski definition) is 2. The van der Waals surface area contributed by atoms with Crippen LogP contribution in [0.4, 0.5) is 0 Å². The van der Waals surface area contributed by atoms with E-state index >= 15 is 0 Å². The number of nitro groups is 2. The summed E-state index contributed by atoms with van der Waals surface area (Å²) in [5.41, 5.74) is 0. The molecule has 0 aliphatic rings. The Kier molecular flexibility index (Phi) is 12.4. The Bertz CT molecular complexity index is 1040. The molecule has 184 valence electrons. The fourth-order valence-corrected chi connectivity index (χ4v) is 3.94. The first-order chi connectivity index (χ1) is 16.1. The Morgan fingerprint density at radius 3 is 1.97 bits per heavy atom. The average Bonchev–Trinajstić information content (AvgIpc) is 3.40. The Balaban J connectivity index is 0.000000340. The molecule has 18 heteroatoms. The first-order valence-electron chi connectivity index (χ1n) is 8.82. The van der Waals surface area contributed by atoms with E-state index in [0.717, 1.165) is 32.0 Å². The van der Waals surface area contributed by atoms with Crippen LogP contribution in [0.1, 0.15) is 9.75 Å². The second kappa shape index (κ2) is 14.7. The number of carbonyl (C=O) groups is 2. The lowest BCUT2D eigenvalue weighted by atomic mass is 10.4. The fraction of sp³-hybridized carbons (Fsp3) is 0.250. The third-order valence-electron chi connectivity index (χ3n) is 3.51. The zero-order valence-corrected chi connectivity index (χ0v) is 20.7. The highest BCUT2D eigenvalue weighted by atomic mass is 35.5. The summed E-state index contributed by atoms with van der Waals surface area (Å²) in [5.74, 6) is 0.184. The molecule has 2 N–H and O–H groups in total. The Labute approximate surface area is 210 Å². The molecule has 0 aromatic carbocycles. The van der Waals surface area contributed by atoms with Crippen molar-refractivity contribution < 1.29 is 19.4 Å². The number of carbonyl (C=O) groups excluding carboxylic acids is 2. The number of nitrogens with one attached hydrogen (secondary N) is 2. The molecule has 0 unspecified atom stereocenters. The summed E-state index contributed by atoms with van der Waals surface area (Å²) in [7, 11) is 2.90. The number of amides is 2. The molecule has 14 nitrogen and oxygen atoms in total. The minimum Gasteiger partial charge on any atom is -0.369 e. The fourth-order valence-electron chi connectivity index (χ4n) is 2.05. The molecule has 0 atom stereocenters. The van der Waals surface area contributed by atoms with Crippen LogP contribution >= 0.6 is 45.9 Å². The molecule has 2 aromatic heterocycles. The highest BCUT2D eigenvalue weighted by molar-refractivity contribution is 7.16. The van der Waals surface area contributed by atoms with Crippen LogP contribution in [0.15, 0.2) is 36.4 Å². The van der Waals surface area contributed by atoms with Gasteiger partial charge in [-0.05, 0) is 0 Å².